The van der Waals surface area contributed by atoms with Crippen molar-refractivity contribution in [2.75, 3.05) is 24.5 Å². The largest absolute Gasteiger partial charge is 0.369 e. The third-order valence-corrected chi connectivity index (χ3v) is 4.93. The number of benzene rings is 1. The van der Waals surface area contributed by atoms with Crippen molar-refractivity contribution in [3.8, 4) is 6.07 Å². The Morgan fingerprint density at radius 3 is 3.00 bits per heavy atom. The Morgan fingerprint density at radius 2 is 2.15 bits per heavy atom. The van der Waals surface area contributed by atoms with Gasteiger partial charge in [0.2, 0.25) is 0 Å². The molecule has 1 saturated heterocycles. The molecule has 1 N–H and O–H groups in total. The molecule has 1 unspecified atom stereocenters. The highest BCUT2D eigenvalue weighted by atomic mass is 19.1. The molecule has 0 radical (unpaired) electrons. The summed E-state index contributed by atoms with van der Waals surface area (Å²) >= 11 is 0. The van der Waals surface area contributed by atoms with E-state index in [0.717, 1.165) is 37.4 Å². The number of fused-ring (bicyclic) bond motifs is 1. The first-order valence-corrected chi connectivity index (χ1v) is 8.81. The minimum absolute atomic E-state index is 0.153. The van der Waals surface area contributed by atoms with E-state index in [1.165, 1.54) is 6.07 Å². The molecule has 6 heteroatoms. The lowest BCUT2D eigenvalue weighted by Gasteiger charge is -2.19. The summed E-state index contributed by atoms with van der Waals surface area (Å²) in [5.41, 5.74) is 3.18. The summed E-state index contributed by atoms with van der Waals surface area (Å²) in [7, 11) is 0. The van der Waals surface area contributed by atoms with Crippen LogP contribution in [0.2, 0.25) is 0 Å². The molecule has 1 fully saturated rings. The van der Waals surface area contributed by atoms with Crippen molar-refractivity contribution in [1.29, 1.82) is 5.26 Å². The van der Waals surface area contributed by atoms with E-state index in [0.29, 0.717) is 23.7 Å². The molecule has 0 aliphatic carbocycles. The number of imidazole rings is 1. The van der Waals surface area contributed by atoms with Crippen molar-refractivity contribution in [3.05, 3.63) is 65.9 Å². The van der Waals surface area contributed by atoms with E-state index in [4.69, 9.17) is 5.26 Å². The number of halogens is 1. The summed E-state index contributed by atoms with van der Waals surface area (Å²) in [6.07, 6.45) is 4.70. The fourth-order valence-electron chi connectivity index (χ4n) is 3.56. The zero-order valence-corrected chi connectivity index (χ0v) is 14.4. The highest BCUT2D eigenvalue weighted by molar-refractivity contribution is 5.48. The van der Waals surface area contributed by atoms with E-state index >= 15 is 0 Å². The number of pyridine rings is 1. The van der Waals surface area contributed by atoms with Crippen LogP contribution < -0.4 is 10.2 Å². The van der Waals surface area contributed by atoms with Gasteiger partial charge in [0.25, 0.3) is 0 Å². The highest BCUT2D eigenvalue weighted by Gasteiger charge is 2.24. The predicted molar refractivity (Wildman–Crippen MR) is 98.3 cm³/mol. The number of nitriles is 1. The van der Waals surface area contributed by atoms with Crippen LogP contribution in [0.3, 0.4) is 0 Å². The van der Waals surface area contributed by atoms with E-state index in [2.05, 4.69) is 21.3 Å². The summed E-state index contributed by atoms with van der Waals surface area (Å²) < 4.78 is 15.9. The van der Waals surface area contributed by atoms with Crippen molar-refractivity contribution in [1.82, 2.24) is 14.7 Å². The second-order valence-electron chi connectivity index (χ2n) is 6.69. The zero-order valence-electron chi connectivity index (χ0n) is 14.4. The molecule has 1 aromatic carbocycles. The SMILES string of the molecule is N#Cc1ccc2ncc(CNCC3CCN(c4ccccc4F)C3)n2c1. The Hall–Kier alpha value is -2.91. The third kappa shape index (κ3) is 3.26. The van der Waals surface area contributed by atoms with Crippen LogP contribution in [0.25, 0.3) is 5.65 Å². The van der Waals surface area contributed by atoms with Crippen LogP contribution in [-0.4, -0.2) is 29.0 Å². The Balaban J connectivity index is 1.35. The van der Waals surface area contributed by atoms with Gasteiger partial charge in [-0.2, -0.15) is 5.26 Å². The van der Waals surface area contributed by atoms with Gasteiger partial charge in [-0.25, -0.2) is 9.37 Å². The molecular formula is C20H20FN5. The zero-order chi connectivity index (χ0) is 17.9. The summed E-state index contributed by atoms with van der Waals surface area (Å²) in [6, 6.07) is 12.7. The van der Waals surface area contributed by atoms with Gasteiger partial charge < -0.3 is 14.6 Å². The first-order valence-electron chi connectivity index (χ1n) is 8.81. The van der Waals surface area contributed by atoms with Gasteiger partial charge >= 0.3 is 0 Å². The molecule has 0 saturated carbocycles. The molecule has 0 spiro atoms. The van der Waals surface area contributed by atoms with Gasteiger partial charge in [-0.15, -0.1) is 0 Å². The first-order chi connectivity index (χ1) is 12.7. The van der Waals surface area contributed by atoms with Crippen molar-refractivity contribution in [2.45, 2.75) is 13.0 Å². The number of nitrogens with one attached hydrogen (secondary N) is 1. The van der Waals surface area contributed by atoms with E-state index < -0.39 is 0 Å². The van der Waals surface area contributed by atoms with Crippen molar-refractivity contribution in [2.24, 2.45) is 5.92 Å². The van der Waals surface area contributed by atoms with Crippen LogP contribution in [0.4, 0.5) is 10.1 Å². The molecule has 1 aliphatic heterocycles. The molecule has 0 bridgehead atoms. The minimum atomic E-state index is -0.153. The molecule has 2 aromatic heterocycles. The second kappa shape index (κ2) is 7.14. The number of rotatable bonds is 5. The van der Waals surface area contributed by atoms with E-state index in [1.807, 2.05) is 35.0 Å². The topological polar surface area (TPSA) is 56.4 Å². The van der Waals surface area contributed by atoms with Crippen LogP contribution in [-0.2, 0) is 6.54 Å². The van der Waals surface area contributed by atoms with E-state index in [-0.39, 0.29) is 5.82 Å². The van der Waals surface area contributed by atoms with Gasteiger partial charge in [0.1, 0.15) is 17.5 Å². The lowest BCUT2D eigenvalue weighted by atomic mass is 10.1. The molecule has 26 heavy (non-hydrogen) atoms. The van der Waals surface area contributed by atoms with Crippen molar-refractivity contribution >= 4 is 11.3 Å². The summed E-state index contributed by atoms with van der Waals surface area (Å²) in [4.78, 5) is 6.49. The number of nitrogens with zero attached hydrogens (tertiary/aromatic N) is 4. The maximum absolute atomic E-state index is 13.9. The summed E-state index contributed by atoms with van der Waals surface area (Å²) in [5.74, 6) is 0.337. The van der Waals surface area contributed by atoms with Crippen molar-refractivity contribution in [3.63, 3.8) is 0 Å². The van der Waals surface area contributed by atoms with Crippen LogP contribution >= 0.6 is 0 Å². The van der Waals surface area contributed by atoms with Gasteiger partial charge in [0.05, 0.1) is 23.1 Å². The molecule has 3 heterocycles. The lowest BCUT2D eigenvalue weighted by Crippen LogP contribution is -2.26. The van der Waals surface area contributed by atoms with E-state index in [9.17, 15) is 4.39 Å². The van der Waals surface area contributed by atoms with Gasteiger partial charge in [0.15, 0.2) is 0 Å². The smallest absolute Gasteiger partial charge is 0.146 e. The molecule has 3 aromatic rings. The monoisotopic (exact) mass is 349 g/mol. The highest BCUT2D eigenvalue weighted by Crippen LogP contribution is 2.25. The van der Waals surface area contributed by atoms with Crippen LogP contribution in [0.1, 0.15) is 17.7 Å². The van der Waals surface area contributed by atoms with Gasteiger partial charge in [-0.1, -0.05) is 12.1 Å². The van der Waals surface area contributed by atoms with Crippen LogP contribution in [0.5, 0.6) is 0 Å². The molecular weight excluding hydrogens is 329 g/mol. The number of hydrogen-bond donors (Lipinski definition) is 1. The molecule has 132 valence electrons. The maximum Gasteiger partial charge on any atom is 0.146 e. The summed E-state index contributed by atoms with van der Waals surface area (Å²) in [5, 5.41) is 12.5. The van der Waals surface area contributed by atoms with Gasteiger partial charge in [-0.3, -0.25) is 0 Å². The fraction of sp³-hybridized carbons (Fsp3) is 0.300. The van der Waals surface area contributed by atoms with Gasteiger partial charge in [0, 0.05) is 32.4 Å². The third-order valence-electron chi connectivity index (χ3n) is 4.93. The molecule has 4 rings (SSSR count). The van der Waals surface area contributed by atoms with Gasteiger partial charge in [-0.05, 0) is 36.6 Å². The first kappa shape index (κ1) is 16.6. The quantitative estimate of drug-likeness (QED) is 0.769. The Kier molecular flexibility index (Phi) is 4.55. The van der Waals surface area contributed by atoms with Crippen LogP contribution in [0, 0.1) is 23.1 Å². The van der Waals surface area contributed by atoms with Crippen LogP contribution in [0.15, 0.2) is 48.8 Å². The molecule has 1 aliphatic rings. The lowest BCUT2D eigenvalue weighted by molar-refractivity contribution is 0.512. The second-order valence-corrected chi connectivity index (χ2v) is 6.69. The molecule has 1 atom stereocenters. The summed E-state index contributed by atoms with van der Waals surface area (Å²) in [6.45, 7) is 3.30. The molecule has 5 nitrogen and oxygen atoms in total. The normalized spacial score (nSPS) is 16.9. The number of para-hydroxylation sites is 1. The minimum Gasteiger partial charge on any atom is -0.369 e. The van der Waals surface area contributed by atoms with E-state index in [1.54, 1.807) is 12.1 Å². The predicted octanol–water partition coefficient (Wildman–Crippen LogP) is 2.96. The number of aromatic nitrogens is 2. The van der Waals surface area contributed by atoms with Crippen molar-refractivity contribution < 1.29 is 4.39 Å². The molecule has 0 amide bonds. The number of hydrogen-bond acceptors (Lipinski definition) is 4. The standard InChI is InChI=1S/C20H20FN5/c21-18-3-1-2-4-19(18)25-8-7-16(13-25)10-23-11-17-12-24-20-6-5-15(9-22)14-26(17)20/h1-6,12,14,16,23H,7-8,10-11,13H2. The Labute approximate surface area is 151 Å². The average Bonchev–Trinajstić information content (AvgIpc) is 3.29. The number of anilines is 1. The Bertz CT molecular complexity index is 958. The Morgan fingerprint density at radius 1 is 1.27 bits per heavy atom. The average molecular weight is 349 g/mol. The fourth-order valence-corrected chi connectivity index (χ4v) is 3.56. The maximum atomic E-state index is 13.9.